The largest absolute Gasteiger partial charge is 0.444 e. The smallest absolute Gasteiger partial charge is 0.410 e. The Morgan fingerprint density at radius 1 is 1.32 bits per heavy atom. The Bertz CT molecular complexity index is 516. The van der Waals surface area contributed by atoms with Crippen LogP contribution in [0.4, 0.5) is 4.79 Å². The molecule has 122 valence electrons. The average Bonchev–Trinajstić information content (AvgIpc) is 2.65. The Morgan fingerprint density at radius 3 is 2.73 bits per heavy atom. The molecule has 0 bridgehead atoms. The summed E-state index contributed by atoms with van der Waals surface area (Å²) in [5.74, 6) is 0.474. The minimum atomic E-state index is -0.448. The van der Waals surface area contributed by atoms with Gasteiger partial charge in [-0.2, -0.15) is 0 Å². The van der Waals surface area contributed by atoms with Gasteiger partial charge in [-0.3, -0.25) is 4.98 Å². The summed E-state index contributed by atoms with van der Waals surface area (Å²) in [4.78, 5) is 22.3. The van der Waals surface area contributed by atoms with Gasteiger partial charge in [0.25, 0.3) is 0 Å². The number of ether oxygens (including phenoxy) is 1. The molecule has 2 heterocycles. The van der Waals surface area contributed by atoms with Gasteiger partial charge in [0.15, 0.2) is 0 Å². The molecule has 1 aliphatic heterocycles. The zero-order valence-electron chi connectivity index (χ0n) is 13.5. The second-order valence-corrected chi connectivity index (χ2v) is 7.12. The number of likely N-dealkylation sites (tertiary alicyclic amines) is 1. The van der Waals surface area contributed by atoms with E-state index in [0.717, 1.165) is 44.5 Å². The summed E-state index contributed by atoms with van der Waals surface area (Å²) in [6.45, 7) is 7.14. The van der Waals surface area contributed by atoms with Gasteiger partial charge in [-0.05, 0) is 52.4 Å². The molecule has 0 N–H and O–H groups in total. The van der Waals surface area contributed by atoms with Crippen molar-refractivity contribution in [3.8, 4) is 0 Å². The maximum Gasteiger partial charge on any atom is 0.410 e. The van der Waals surface area contributed by atoms with Gasteiger partial charge in [-0.25, -0.2) is 9.78 Å². The first kappa shape index (κ1) is 17.0. The SMILES string of the molecule is CC(C)(C)OC(=O)N1CCC[C@H](Cc2nccnc2Cl)CC1. The van der Waals surface area contributed by atoms with Gasteiger partial charge >= 0.3 is 6.09 Å². The number of hydrogen-bond acceptors (Lipinski definition) is 4. The van der Waals surface area contributed by atoms with Crippen LogP contribution in [0.5, 0.6) is 0 Å². The maximum atomic E-state index is 12.1. The van der Waals surface area contributed by atoms with Crippen LogP contribution in [-0.2, 0) is 11.2 Å². The summed E-state index contributed by atoms with van der Waals surface area (Å²) >= 11 is 6.08. The van der Waals surface area contributed by atoms with Crippen molar-refractivity contribution in [2.45, 2.75) is 52.1 Å². The van der Waals surface area contributed by atoms with Crippen LogP contribution >= 0.6 is 11.6 Å². The van der Waals surface area contributed by atoms with Crippen LogP contribution in [0.15, 0.2) is 12.4 Å². The highest BCUT2D eigenvalue weighted by molar-refractivity contribution is 6.29. The van der Waals surface area contributed by atoms with E-state index in [2.05, 4.69) is 9.97 Å². The standard InChI is InChI=1S/C16H24ClN3O2/c1-16(2,3)22-15(21)20-9-4-5-12(6-10-20)11-13-14(17)19-8-7-18-13/h7-8,12H,4-6,9-11H2,1-3H3/t12-/m0/s1. The fraction of sp³-hybridized carbons (Fsp3) is 0.688. The third-order valence-electron chi connectivity index (χ3n) is 3.70. The zero-order valence-corrected chi connectivity index (χ0v) is 14.3. The molecule has 1 atom stereocenters. The molecule has 22 heavy (non-hydrogen) atoms. The van der Waals surface area contributed by atoms with E-state index >= 15 is 0 Å². The lowest BCUT2D eigenvalue weighted by Crippen LogP contribution is -2.37. The van der Waals surface area contributed by atoms with Crippen LogP contribution in [0.25, 0.3) is 0 Å². The van der Waals surface area contributed by atoms with Crippen molar-refractivity contribution in [1.82, 2.24) is 14.9 Å². The van der Waals surface area contributed by atoms with E-state index < -0.39 is 5.60 Å². The third kappa shape index (κ3) is 5.13. The van der Waals surface area contributed by atoms with Crippen LogP contribution in [0, 0.1) is 5.92 Å². The minimum Gasteiger partial charge on any atom is -0.444 e. The first-order valence-electron chi connectivity index (χ1n) is 7.78. The topological polar surface area (TPSA) is 55.3 Å². The highest BCUT2D eigenvalue weighted by Crippen LogP contribution is 2.24. The predicted molar refractivity (Wildman–Crippen MR) is 85.9 cm³/mol. The molecule has 0 radical (unpaired) electrons. The van der Waals surface area contributed by atoms with Gasteiger partial charge in [-0.1, -0.05) is 11.6 Å². The molecule has 0 spiro atoms. The van der Waals surface area contributed by atoms with Gasteiger partial charge in [-0.15, -0.1) is 0 Å². The van der Waals surface area contributed by atoms with E-state index in [1.807, 2.05) is 25.7 Å². The highest BCUT2D eigenvalue weighted by atomic mass is 35.5. The van der Waals surface area contributed by atoms with Gasteiger partial charge in [0.1, 0.15) is 10.8 Å². The van der Waals surface area contributed by atoms with Crippen molar-refractivity contribution in [2.75, 3.05) is 13.1 Å². The molecule has 1 aliphatic rings. The third-order valence-corrected chi connectivity index (χ3v) is 4.02. The van der Waals surface area contributed by atoms with Crippen LogP contribution in [0.3, 0.4) is 0 Å². The van der Waals surface area contributed by atoms with E-state index in [9.17, 15) is 4.79 Å². The molecule has 1 fully saturated rings. The zero-order chi connectivity index (χ0) is 16.2. The summed E-state index contributed by atoms with van der Waals surface area (Å²) in [6, 6.07) is 0. The molecule has 2 rings (SSSR count). The predicted octanol–water partition coefficient (Wildman–Crippen LogP) is 3.71. The number of halogens is 1. The molecule has 5 nitrogen and oxygen atoms in total. The Labute approximate surface area is 137 Å². The Hall–Kier alpha value is -1.36. The van der Waals surface area contributed by atoms with Crippen LogP contribution < -0.4 is 0 Å². The Balaban J connectivity index is 1.90. The molecule has 1 saturated heterocycles. The van der Waals surface area contributed by atoms with Crippen LogP contribution in [-0.4, -0.2) is 39.7 Å². The molecule has 1 amide bonds. The Kier molecular flexibility index (Phi) is 5.62. The number of amides is 1. The van der Waals surface area contributed by atoms with Crippen molar-refractivity contribution >= 4 is 17.7 Å². The van der Waals surface area contributed by atoms with Crippen molar-refractivity contribution in [1.29, 1.82) is 0 Å². The molecular formula is C16H24ClN3O2. The van der Waals surface area contributed by atoms with E-state index in [4.69, 9.17) is 16.3 Å². The summed E-state index contributed by atoms with van der Waals surface area (Å²) in [6.07, 6.45) is 6.84. The lowest BCUT2D eigenvalue weighted by molar-refractivity contribution is 0.0255. The van der Waals surface area contributed by atoms with Crippen molar-refractivity contribution in [3.05, 3.63) is 23.2 Å². The molecule has 0 saturated carbocycles. The minimum absolute atomic E-state index is 0.217. The summed E-state index contributed by atoms with van der Waals surface area (Å²) < 4.78 is 5.45. The number of carbonyl (C=O) groups excluding carboxylic acids is 1. The second kappa shape index (κ2) is 7.27. The van der Waals surface area contributed by atoms with Crippen molar-refractivity contribution in [2.24, 2.45) is 5.92 Å². The van der Waals surface area contributed by atoms with Gasteiger partial charge < -0.3 is 9.64 Å². The number of nitrogens with zero attached hydrogens (tertiary/aromatic N) is 3. The molecule has 1 aromatic heterocycles. The van der Waals surface area contributed by atoms with Crippen LogP contribution in [0.2, 0.25) is 5.15 Å². The fourth-order valence-corrected chi connectivity index (χ4v) is 2.82. The molecule has 0 aromatic carbocycles. The van der Waals surface area contributed by atoms with Gasteiger partial charge in [0.2, 0.25) is 0 Å². The fourth-order valence-electron chi connectivity index (χ4n) is 2.64. The maximum absolute atomic E-state index is 12.1. The lowest BCUT2D eigenvalue weighted by atomic mass is 9.95. The monoisotopic (exact) mass is 325 g/mol. The summed E-state index contributed by atoms with van der Waals surface area (Å²) in [5.41, 5.74) is 0.399. The average molecular weight is 326 g/mol. The van der Waals surface area contributed by atoms with E-state index in [0.29, 0.717) is 11.1 Å². The first-order valence-corrected chi connectivity index (χ1v) is 8.16. The lowest BCUT2D eigenvalue weighted by Gasteiger charge is -2.26. The Morgan fingerprint density at radius 2 is 2.05 bits per heavy atom. The van der Waals surface area contributed by atoms with Crippen molar-refractivity contribution < 1.29 is 9.53 Å². The molecule has 1 aromatic rings. The molecule has 0 aliphatic carbocycles. The molecule has 6 heteroatoms. The second-order valence-electron chi connectivity index (χ2n) is 6.76. The number of carbonyl (C=O) groups is 1. The quantitative estimate of drug-likeness (QED) is 0.831. The highest BCUT2D eigenvalue weighted by Gasteiger charge is 2.25. The number of rotatable bonds is 2. The van der Waals surface area contributed by atoms with E-state index in [1.54, 1.807) is 12.4 Å². The van der Waals surface area contributed by atoms with Gasteiger partial charge in [0, 0.05) is 25.5 Å². The first-order chi connectivity index (χ1) is 10.3. The molecule has 0 unspecified atom stereocenters. The number of aromatic nitrogens is 2. The van der Waals surface area contributed by atoms with Crippen molar-refractivity contribution in [3.63, 3.8) is 0 Å². The van der Waals surface area contributed by atoms with E-state index in [-0.39, 0.29) is 6.09 Å². The number of hydrogen-bond donors (Lipinski definition) is 0. The summed E-state index contributed by atoms with van der Waals surface area (Å²) in [7, 11) is 0. The van der Waals surface area contributed by atoms with Gasteiger partial charge in [0.05, 0.1) is 5.69 Å². The molecular weight excluding hydrogens is 302 g/mol. The summed E-state index contributed by atoms with van der Waals surface area (Å²) in [5, 5.41) is 0.482. The van der Waals surface area contributed by atoms with Crippen LogP contribution in [0.1, 0.15) is 45.7 Å². The normalized spacial score (nSPS) is 19.6. The van der Waals surface area contributed by atoms with E-state index in [1.165, 1.54) is 0 Å².